The largest absolute Gasteiger partial charge is 0.461 e. The van der Waals surface area contributed by atoms with E-state index in [-0.39, 0.29) is 6.04 Å². The lowest BCUT2D eigenvalue weighted by molar-refractivity contribution is 0.510. The smallest absolute Gasteiger partial charge is 0.149 e. The van der Waals surface area contributed by atoms with Crippen molar-refractivity contribution in [1.29, 1.82) is 0 Å². The first kappa shape index (κ1) is 13.8. The monoisotopic (exact) mass is 284 g/mol. The quantitative estimate of drug-likeness (QED) is 0.782. The lowest BCUT2D eigenvalue weighted by Crippen LogP contribution is -2.21. The number of benzene rings is 1. The second-order valence-corrected chi connectivity index (χ2v) is 5.26. The number of nitrogens with zero attached hydrogens (tertiary/aromatic N) is 3. The molecule has 0 fully saturated rings. The predicted octanol–water partition coefficient (Wildman–Crippen LogP) is 2.97. The summed E-state index contributed by atoms with van der Waals surface area (Å²) in [7, 11) is 1.96. The van der Waals surface area contributed by atoms with Gasteiger partial charge in [-0.2, -0.15) is 0 Å². The van der Waals surface area contributed by atoms with Gasteiger partial charge >= 0.3 is 0 Å². The Bertz CT molecular complexity index is 744. The summed E-state index contributed by atoms with van der Waals surface area (Å²) in [6, 6.07) is 8.32. The van der Waals surface area contributed by atoms with Gasteiger partial charge in [-0.15, -0.1) is 10.2 Å². The molecular weight excluding hydrogens is 264 g/mol. The number of hydrogen-bond acceptors (Lipinski definition) is 4. The van der Waals surface area contributed by atoms with Gasteiger partial charge in [-0.1, -0.05) is 25.1 Å². The highest BCUT2D eigenvalue weighted by Gasteiger charge is 2.15. The highest BCUT2D eigenvalue weighted by molar-refractivity contribution is 5.82. The van der Waals surface area contributed by atoms with Gasteiger partial charge in [0.25, 0.3) is 0 Å². The molecule has 0 bridgehead atoms. The van der Waals surface area contributed by atoms with E-state index < -0.39 is 0 Å². The number of furan rings is 1. The van der Waals surface area contributed by atoms with Gasteiger partial charge in [0.1, 0.15) is 23.5 Å². The van der Waals surface area contributed by atoms with Crippen LogP contribution in [-0.2, 0) is 20.0 Å². The number of fused-ring (bicyclic) bond motifs is 1. The third kappa shape index (κ3) is 2.56. The molecule has 1 N–H and O–H groups in total. The minimum Gasteiger partial charge on any atom is -0.461 e. The van der Waals surface area contributed by atoms with Crippen LogP contribution in [0, 0.1) is 0 Å². The van der Waals surface area contributed by atoms with Crippen LogP contribution >= 0.6 is 0 Å². The Labute approximate surface area is 124 Å². The van der Waals surface area contributed by atoms with Crippen molar-refractivity contribution in [3.8, 4) is 0 Å². The molecule has 0 aliphatic heterocycles. The molecule has 1 aromatic carbocycles. The Kier molecular flexibility index (Phi) is 3.75. The first-order valence-corrected chi connectivity index (χ1v) is 7.27. The highest BCUT2D eigenvalue weighted by atomic mass is 16.3. The fourth-order valence-electron chi connectivity index (χ4n) is 2.66. The molecule has 0 radical (unpaired) electrons. The summed E-state index contributed by atoms with van der Waals surface area (Å²) < 4.78 is 7.86. The highest BCUT2D eigenvalue weighted by Crippen LogP contribution is 2.26. The van der Waals surface area contributed by atoms with Crippen molar-refractivity contribution in [2.24, 2.45) is 7.05 Å². The molecule has 3 rings (SSSR count). The molecule has 0 aliphatic rings. The van der Waals surface area contributed by atoms with Gasteiger partial charge in [-0.25, -0.2) is 0 Å². The third-order valence-corrected chi connectivity index (χ3v) is 3.82. The molecule has 0 saturated heterocycles. The molecule has 110 valence electrons. The summed E-state index contributed by atoms with van der Waals surface area (Å²) in [5.74, 6) is 1.98. The summed E-state index contributed by atoms with van der Waals surface area (Å²) in [5.41, 5.74) is 2.19. The Morgan fingerprint density at radius 3 is 2.86 bits per heavy atom. The van der Waals surface area contributed by atoms with Crippen molar-refractivity contribution in [2.75, 3.05) is 0 Å². The number of aromatic nitrogens is 3. The number of hydrogen-bond donors (Lipinski definition) is 1. The van der Waals surface area contributed by atoms with E-state index in [4.69, 9.17) is 4.42 Å². The van der Waals surface area contributed by atoms with Crippen LogP contribution in [-0.4, -0.2) is 14.8 Å². The van der Waals surface area contributed by atoms with Crippen molar-refractivity contribution in [2.45, 2.75) is 32.9 Å². The Morgan fingerprint density at radius 1 is 1.33 bits per heavy atom. The van der Waals surface area contributed by atoms with Crippen LogP contribution in [0.2, 0.25) is 0 Å². The summed E-state index contributed by atoms with van der Waals surface area (Å²) in [5, 5.41) is 12.8. The normalized spacial score (nSPS) is 12.9. The zero-order chi connectivity index (χ0) is 14.8. The van der Waals surface area contributed by atoms with Gasteiger partial charge in [-0.05, 0) is 13.0 Å². The van der Waals surface area contributed by atoms with Crippen LogP contribution < -0.4 is 5.32 Å². The molecule has 0 spiro atoms. The van der Waals surface area contributed by atoms with E-state index in [1.165, 1.54) is 10.9 Å². The van der Waals surface area contributed by atoms with Crippen LogP contribution in [0.1, 0.15) is 37.0 Å². The average Bonchev–Trinajstić information content (AvgIpc) is 3.08. The zero-order valence-corrected chi connectivity index (χ0v) is 12.6. The van der Waals surface area contributed by atoms with Gasteiger partial charge < -0.3 is 14.3 Å². The maximum atomic E-state index is 5.92. The van der Waals surface area contributed by atoms with Gasteiger partial charge in [0.05, 0.1) is 6.04 Å². The second-order valence-electron chi connectivity index (χ2n) is 5.26. The van der Waals surface area contributed by atoms with Crippen molar-refractivity contribution >= 4 is 11.0 Å². The Hall–Kier alpha value is -2.14. The van der Waals surface area contributed by atoms with Crippen molar-refractivity contribution in [3.63, 3.8) is 0 Å². The molecule has 0 aliphatic carbocycles. The number of aryl methyl sites for hydroxylation is 2. The molecule has 21 heavy (non-hydrogen) atoms. The number of para-hydroxylation sites is 1. The molecule has 1 atom stereocenters. The lowest BCUT2D eigenvalue weighted by Gasteiger charge is -2.13. The summed E-state index contributed by atoms with van der Waals surface area (Å²) >= 11 is 0. The lowest BCUT2D eigenvalue weighted by atomic mass is 10.1. The summed E-state index contributed by atoms with van der Waals surface area (Å²) in [6.45, 7) is 4.97. The van der Waals surface area contributed by atoms with E-state index in [2.05, 4.69) is 35.4 Å². The van der Waals surface area contributed by atoms with Crippen molar-refractivity contribution in [1.82, 2.24) is 20.1 Å². The van der Waals surface area contributed by atoms with Crippen LogP contribution in [0.4, 0.5) is 0 Å². The maximum absolute atomic E-state index is 5.92. The minimum atomic E-state index is 0.135. The van der Waals surface area contributed by atoms with Gasteiger partial charge in [0.2, 0.25) is 0 Å². The van der Waals surface area contributed by atoms with E-state index in [0.29, 0.717) is 0 Å². The summed E-state index contributed by atoms with van der Waals surface area (Å²) in [6.07, 6.45) is 2.61. The van der Waals surface area contributed by atoms with Gasteiger partial charge in [0, 0.05) is 31.0 Å². The summed E-state index contributed by atoms with van der Waals surface area (Å²) in [4.78, 5) is 0. The Morgan fingerprint density at radius 2 is 2.14 bits per heavy atom. The standard InChI is InChI=1S/C16H20N4O/c1-4-14-13(12-7-5-6-8-15(12)21-14)9-17-11(2)16-19-18-10-20(16)3/h5-8,10-11,17H,4,9H2,1-3H3. The van der Waals surface area contributed by atoms with Crippen LogP contribution in [0.3, 0.4) is 0 Å². The SMILES string of the molecule is CCc1oc2ccccc2c1CNC(C)c1nncn1C. The second kappa shape index (κ2) is 5.69. The first-order valence-electron chi connectivity index (χ1n) is 7.27. The van der Waals surface area contributed by atoms with E-state index >= 15 is 0 Å². The zero-order valence-electron chi connectivity index (χ0n) is 12.6. The molecular formula is C16H20N4O. The van der Waals surface area contributed by atoms with Crippen LogP contribution in [0.25, 0.3) is 11.0 Å². The van der Waals surface area contributed by atoms with E-state index in [1.807, 2.05) is 29.8 Å². The molecule has 2 aromatic heterocycles. The minimum absolute atomic E-state index is 0.135. The van der Waals surface area contributed by atoms with E-state index in [9.17, 15) is 0 Å². The molecule has 0 amide bonds. The average molecular weight is 284 g/mol. The van der Waals surface area contributed by atoms with Crippen LogP contribution in [0.15, 0.2) is 35.0 Å². The van der Waals surface area contributed by atoms with Gasteiger partial charge in [-0.3, -0.25) is 0 Å². The molecule has 5 heteroatoms. The van der Waals surface area contributed by atoms with E-state index in [1.54, 1.807) is 6.33 Å². The molecule has 3 aromatic rings. The molecule has 5 nitrogen and oxygen atoms in total. The third-order valence-electron chi connectivity index (χ3n) is 3.82. The molecule has 2 heterocycles. The number of nitrogens with one attached hydrogen (secondary N) is 1. The maximum Gasteiger partial charge on any atom is 0.149 e. The molecule has 0 saturated carbocycles. The van der Waals surface area contributed by atoms with E-state index in [0.717, 1.165) is 30.1 Å². The van der Waals surface area contributed by atoms with Crippen LogP contribution in [0.5, 0.6) is 0 Å². The predicted molar refractivity (Wildman–Crippen MR) is 81.8 cm³/mol. The Balaban J connectivity index is 1.83. The molecule has 1 unspecified atom stereocenters. The first-order chi connectivity index (χ1) is 10.2. The van der Waals surface area contributed by atoms with Crippen molar-refractivity contribution in [3.05, 3.63) is 47.7 Å². The topological polar surface area (TPSA) is 55.9 Å². The van der Waals surface area contributed by atoms with Gasteiger partial charge in [0.15, 0.2) is 0 Å². The number of rotatable bonds is 5. The van der Waals surface area contributed by atoms with Crippen molar-refractivity contribution < 1.29 is 4.42 Å². The fraction of sp³-hybridized carbons (Fsp3) is 0.375. The fourth-order valence-corrected chi connectivity index (χ4v) is 2.66.